The normalized spacial score (nSPS) is 11.9. The first-order chi connectivity index (χ1) is 17.9. The molecule has 0 saturated heterocycles. The summed E-state index contributed by atoms with van der Waals surface area (Å²) in [6, 6.07) is 4.92. The molecule has 5 N–H and O–H groups in total. The van der Waals surface area contributed by atoms with E-state index in [0.29, 0.717) is 24.9 Å². The van der Waals surface area contributed by atoms with Gasteiger partial charge in [-0.25, -0.2) is 18.2 Å². The Balaban J connectivity index is 0.000000673. The van der Waals surface area contributed by atoms with Crippen molar-refractivity contribution in [3.8, 4) is 0 Å². The van der Waals surface area contributed by atoms with Gasteiger partial charge in [-0.05, 0) is 45.9 Å². The van der Waals surface area contributed by atoms with Gasteiger partial charge in [-0.3, -0.25) is 10.4 Å². The summed E-state index contributed by atoms with van der Waals surface area (Å²) >= 11 is 5.63. The van der Waals surface area contributed by atoms with Crippen molar-refractivity contribution in [1.29, 1.82) is 5.41 Å². The zero-order valence-electron chi connectivity index (χ0n) is 19.2. The van der Waals surface area contributed by atoms with Gasteiger partial charge in [-0.15, -0.1) is 23.1 Å². The molecule has 0 aliphatic rings. The third-order valence-electron chi connectivity index (χ3n) is 4.35. The molecule has 3 rings (SSSR count). The van der Waals surface area contributed by atoms with Crippen molar-refractivity contribution in [3.63, 3.8) is 0 Å². The van der Waals surface area contributed by atoms with Crippen molar-refractivity contribution >= 4 is 66.5 Å². The number of thiophene rings is 1. The monoisotopic (exact) mass is 679 g/mol. The molecule has 0 spiro atoms. The second-order valence-electron chi connectivity index (χ2n) is 7.09. The number of alkyl halides is 6. The predicted octanol–water partition coefficient (Wildman–Crippen LogP) is 5.40. The summed E-state index contributed by atoms with van der Waals surface area (Å²) in [6.45, 7) is 0.131. The number of sulfone groups is 1. The second kappa shape index (κ2) is 12.5. The first-order valence-corrected chi connectivity index (χ1v) is 14.2. The van der Waals surface area contributed by atoms with Crippen molar-refractivity contribution in [2.75, 3.05) is 11.6 Å². The Bertz CT molecular complexity index is 1460. The van der Waals surface area contributed by atoms with E-state index < -0.39 is 33.9 Å². The molecule has 0 amide bonds. The van der Waals surface area contributed by atoms with Crippen LogP contribution < -0.4 is 11.1 Å². The van der Waals surface area contributed by atoms with Crippen molar-refractivity contribution in [2.24, 2.45) is 5.73 Å². The number of pyridine rings is 2. The highest BCUT2D eigenvalue weighted by atomic mass is 79.9. The Morgan fingerprint density at radius 2 is 1.79 bits per heavy atom. The summed E-state index contributed by atoms with van der Waals surface area (Å²) in [5.41, 5.74) is 4.99. The van der Waals surface area contributed by atoms with E-state index in [9.17, 15) is 34.8 Å². The number of hydrogen-bond acceptors (Lipinski definition) is 9. The molecule has 0 atom stereocenters. The number of nitrogen functional groups attached to an aromatic ring is 1. The van der Waals surface area contributed by atoms with Crippen LogP contribution in [0.4, 0.5) is 32.2 Å². The minimum Gasteiger partial charge on any atom is -0.475 e. The van der Waals surface area contributed by atoms with Crippen LogP contribution in [0.5, 0.6) is 0 Å². The van der Waals surface area contributed by atoms with Crippen LogP contribution in [0.1, 0.15) is 16.1 Å². The van der Waals surface area contributed by atoms with Gasteiger partial charge in [0.2, 0.25) is 9.84 Å². The van der Waals surface area contributed by atoms with Crippen molar-refractivity contribution in [2.45, 2.75) is 32.9 Å². The van der Waals surface area contributed by atoms with Gasteiger partial charge in [-0.1, -0.05) is 6.07 Å². The third-order valence-corrected chi connectivity index (χ3v) is 9.26. The quantitative estimate of drug-likeness (QED) is 0.111. The molecule has 0 aliphatic heterocycles. The largest absolute Gasteiger partial charge is 0.490 e. The number of halogens is 7. The number of nitrogens with zero attached hydrogens (tertiary/aromatic N) is 2. The number of aliphatic carboxylic acids is 1. The number of carboxylic acids is 1. The van der Waals surface area contributed by atoms with Gasteiger partial charge in [0.15, 0.2) is 0 Å². The first kappa shape index (κ1) is 32.3. The number of aromatic nitrogens is 2. The average Bonchev–Trinajstić information content (AvgIpc) is 3.29. The zero-order chi connectivity index (χ0) is 29.8. The van der Waals surface area contributed by atoms with Crippen LogP contribution in [0.25, 0.3) is 0 Å². The number of anilines is 1. The van der Waals surface area contributed by atoms with E-state index in [-0.39, 0.29) is 22.2 Å². The van der Waals surface area contributed by atoms with Crippen LogP contribution in [0.3, 0.4) is 0 Å². The van der Waals surface area contributed by atoms with Crippen molar-refractivity contribution < 1.29 is 44.7 Å². The molecule has 0 fully saturated rings. The fourth-order valence-electron chi connectivity index (χ4n) is 2.53. The lowest BCUT2D eigenvalue weighted by molar-refractivity contribution is -0.192. The molecule has 3 aromatic heterocycles. The molecule has 0 aliphatic carbocycles. The fraction of sp³-hybridized carbons (Fsp3) is 0.200. The number of amidine groups is 1. The maximum absolute atomic E-state index is 13.1. The molecule has 3 heterocycles. The molecule has 0 radical (unpaired) electrons. The van der Waals surface area contributed by atoms with Crippen LogP contribution in [0.15, 0.2) is 55.1 Å². The third kappa shape index (κ3) is 8.54. The number of carboxylic acid groups (broad SMARTS) is 1. The molecule has 0 bridgehead atoms. The van der Waals surface area contributed by atoms with E-state index in [0.717, 1.165) is 23.6 Å². The number of thioether (sulfide) groups is 1. The summed E-state index contributed by atoms with van der Waals surface area (Å²) < 4.78 is 96.6. The van der Waals surface area contributed by atoms with E-state index in [2.05, 4.69) is 31.2 Å². The average molecular weight is 680 g/mol. The standard InChI is InChI=1S/C18H15BrF3N5O2S3.C2HF3O2/c1-30-17-13(5-12(31-17)15(23)24)32(28,29)10-4-11(19)16(27-8-10)26-7-9-2-3-14(25-6-9)18(20,21)22;3-2(4,5)1(6)7/h2-6,8H,7H2,1H3,(H3,23,24)(H,26,27);(H,6,7). The lowest BCUT2D eigenvalue weighted by atomic mass is 10.2. The van der Waals surface area contributed by atoms with Crippen LogP contribution in [-0.2, 0) is 27.4 Å². The Morgan fingerprint density at radius 1 is 1.18 bits per heavy atom. The smallest absolute Gasteiger partial charge is 0.475 e. The lowest BCUT2D eigenvalue weighted by Gasteiger charge is -2.11. The van der Waals surface area contributed by atoms with Gasteiger partial charge in [0, 0.05) is 18.9 Å². The Morgan fingerprint density at radius 3 is 2.23 bits per heavy atom. The Hall–Kier alpha value is -2.90. The molecular weight excluding hydrogens is 664 g/mol. The predicted molar refractivity (Wildman–Crippen MR) is 135 cm³/mol. The molecule has 3 aromatic rings. The highest BCUT2D eigenvalue weighted by molar-refractivity contribution is 9.10. The molecule has 0 saturated carbocycles. The maximum atomic E-state index is 13.1. The summed E-state index contributed by atoms with van der Waals surface area (Å²) in [7, 11) is -3.92. The molecular formula is C20H16BrF6N5O4S3. The number of nitrogens with two attached hydrogens (primary N) is 1. The van der Waals surface area contributed by atoms with Gasteiger partial charge in [0.1, 0.15) is 17.3 Å². The summed E-state index contributed by atoms with van der Waals surface area (Å²) in [5.74, 6) is -2.67. The van der Waals surface area contributed by atoms with E-state index in [1.807, 2.05) is 0 Å². The Kier molecular flexibility index (Phi) is 10.4. The van der Waals surface area contributed by atoms with Crippen LogP contribution in [-0.4, -0.2) is 47.7 Å². The van der Waals surface area contributed by atoms with Crippen LogP contribution in [0, 0.1) is 5.41 Å². The number of carbonyl (C=O) groups is 1. The molecule has 0 unspecified atom stereocenters. The van der Waals surface area contributed by atoms with Crippen molar-refractivity contribution in [1.82, 2.24) is 9.97 Å². The van der Waals surface area contributed by atoms with Gasteiger partial charge in [0.05, 0.1) is 23.4 Å². The number of rotatable bonds is 7. The lowest BCUT2D eigenvalue weighted by Crippen LogP contribution is -2.21. The van der Waals surface area contributed by atoms with Gasteiger partial charge < -0.3 is 16.2 Å². The molecule has 0 aromatic carbocycles. The van der Waals surface area contributed by atoms with Gasteiger partial charge in [0.25, 0.3) is 0 Å². The first-order valence-electron chi connectivity index (χ1n) is 9.86. The Labute approximate surface area is 233 Å². The minimum absolute atomic E-state index is 0.0467. The number of hydrogen-bond donors (Lipinski definition) is 4. The van der Waals surface area contributed by atoms with Gasteiger partial charge >= 0.3 is 18.3 Å². The fourth-order valence-corrected chi connectivity index (χ4v) is 6.99. The van der Waals surface area contributed by atoms with E-state index in [1.165, 1.54) is 36.2 Å². The topological polar surface area (TPSA) is 159 Å². The summed E-state index contributed by atoms with van der Waals surface area (Å²) in [6.07, 6.45) is -5.58. The van der Waals surface area contributed by atoms with E-state index >= 15 is 0 Å². The maximum Gasteiger partial charge on any atom is 0.490 e. The number of nitrogens with one attached hydrogen (secondary N) is 2. The summed E-state index contributed by atoms with van der Waals surface area (Å²) in [5, 5.41) is 17.6. The highest BCUT2D eigenvalue weighted by Gasteiger charge is 2.38. The summed E-state index contributed by atoms with van der Waals surface area (Å²) in [4.78, 5) is 16.8. The van der Waals surface area contributed by atoms with Gasteiger partial charge in [-0.2, -0.15) is 26.3 Å². The zero-order valence-corrected chi connectivity index (χ0v) is 23.2. The SMILES string of the molecule is CSc1sc(C(=N)N)cc1S(=O)(=O)c1cnc(NCc2ccc(C(F)(F)F)nc2)c(Br)c1.O=C(O)C(F)(F)F. The van der Waals surface area contributed by atoms with E-state index in [4.69, 9.17) is 21.0 Å². The molecule has 9 nitrogen and oxygen atoms in total. The van der Waals surface area contributed by atoms with Crippen LogP contribution in [0.2, 0.25) is 0 Å². The van der Waals surface area contributed by atoms with Crippen LogP contribution >= 0.6 is 39.0 Å². The second-order valence-corrected chi connectivity index (χ2v) is 12.0. The highest BCUT2D eigenvalue weighted by Crippen LogP contribution is 2.37. The molecule has 212 valence electrons. The molecule has 19 heteroatoms. The molecule has 39 heavy (non-hydrogen) atoms. The van der Waals surface area contributed by atoms with E-state index in [1.54, 1.807) is 6.26 Å². The van der Waals surface area contributed by atoms with Crippen molar-refractivity contribution in [3.05, 3.63) is 57.3 Å². The minimum atomic E-state index is -5.08.